The maximum Gasteiger partial charge on any atom is 0.256 e. The lowest BCUT2D eigenvalue weighted by Gasteiger charge is -2.41. The van der Waals surface area contributed by atoms with Crippen LogP contribution in [0.15, 0.2) is 41.1 Å². The van der Waals surface area contributed by atoms with Crippen molar-refractivity contribution in [2.45, 2.75) is 19.3 Å². The summed E-state index contributed by atoms with van der Waals surface area (Å²) < 4.78 is 10.3. The standard InChI is InChI=1S/C17H20N2O3/c1-21-12-17(8-5-9-17)11-18-16(20)14-10-22-19-15(14)13-6-3-2-4-7-13/h2-4,6-7,10H,5,8-9,11-12H2,1H3,(H,18,20). The van der Waals surface area contributed by atoms with Gasteiger partial charge in [0.1, 0.15) is 17.5 Å². The van der Waals surface area contributed by atoms with Crippen LogP contribution in [0, 0.1) is 5.41 Å². The van der Waals surface area contributed by atoms with Gasteiger partial charge in [-0.2, -0.15) is 0 Å². The van der Waals surface area contributed by atoms with Crippen LogP contribution in [0.2, 0.25) is 0 Å². The van der Waals surface area contributed by atoms with E-state index in [2.05, 4.69) is 10.5 Å². The highest BCUT2D eigenvalue weighted by atomic mass is 16.5. The van der Waals surface area contributed by atoms with Crippen molar-refractivity contribution in [1.82, 2.24) is 10.5 Å². The van der Waals surface area contributed by atoms with Gasteiger partial charge >= 0.3 is 0 Å². The molecule has 0 aliphatic heterocycles. The molecule has 5 heteroatoms. The van der Waals surface area contributed by atoms with Gasteiger partial charge in [-0.3, -0.25) is 4.79 Å². The third kappa shape index (κ3) is 2.90. The average Bonchev–Trinajstić information content (AvgIpc) is 3.00. The first-order valence-corrected chi connectivity index (χ1v) is 7.51. The molecule has 0 unspecified atom stereocenters. The smallest absolute Gasteiger partial charge is 0.256 e. The van der Waals surface area contributed by atoms with E-state index in [0.29, 0.717) is 24.4 Å². The van der Waals surface area contributed by atoms with E-state index in [1.54, 1.807) is 7.11 Å². The molecule has 2 aromatic rings. The number of benzene rings is 1. The fourth-order valence-electron chi connectivity index (χ4n) is 2.92. The largest absolute Gasteiger partial charge is 0.384 e. The molecule has 1 saturated carbocycles. The molecule has 1 aliphatic carbocycles. The van der Waals surface area contributed by atoms with Crippen molar-refractivity contribution in [3.63, 3.8) is 0 Å². The number of aromatic nitrogens is 1. The van der Waals surface area contributed by atoms with Crippen LogP contribution < -0.4 is 5.32 Å². The Hall–Kier alpha value is -2.14. The number of amides is 1. The van der Waals surface area contributed by atoms with Crippen LogP contribution in [0.25, 0.3) is 11.3 Å². The number of ether oxygens (including phenoxy) is 1. The van der Waals surface area contributed by atoms with Gasteiger partial charge in [0, 0.05) is 24.6 Å². The molecule has 1 fully saturated rings. The molecule has 1 heterocycles. The predicted molar refractivity (Wildman–Crippen MR) is 82.4 cm³/mol. The molecule has 0 atom stereocenters. The summed E-state index contributed by atoms with van der Waals surface area (Å²) in [5, 5.41) is 6.97. The molecule has 22 heavy (non-hydrogen) atoms. The summed E-state index contributed by atoms with van der Waals surface area (Å²) in [4.78, 5) is 12.4. The minimum Gasteiger partial charge on any atom is -0.384 e. The molecule has 0 bridgehead atoms. The second-order valence-electron chi connectivity index (χ2n) is 5.91. The van der Waals surface area contributed by atoms with Gasteiger partial charge in [0.2, 0.25) is 0 Å². The van der Waals surface area contributed by atoms with Crippen molar-refractivity contribution >= 4 is 5.91 Å². The van der Waals surface area contributed by atoms with Gasteiger partial charge < -0.3 is 14.6 Å². The molecular formula is C17H20N2O3. The van der Waals surface area contributed by atoms with E-state index in [9.17, 15) is 4.79 Å². The molecule has 0 radical (unpaired) electrons. The van der Waals surface area contributed by atoms with E-state index in [4.69, 9.17) is 9.26 Å². The van der Waals surface area contributed by atoms with Crippen LogP contribution in [-0.2, 0) is 4.74 Å². The van der Waals surface area contributed by atoms with Crippen molar-refractivity contribution in [1.29, 1.82) is 0 Å². The van der Waals surface area contributed by atoms with Crippen LogP contribution in [-0.4, -0.2) is 31.3 Å². The van der Waals surface area contributed by atoms with E-state index in [1.807, 2.05) is 30.3 Å². The summed E-state index contributed by atoms with van der Waals surface area (Å²) in [6.45, 7) is 1.31. The zero-order chi connectivity index (χ0) is 15.4. The minimum absolute atomic E-state index is 0.0918. The number of methoxy groups -OCH3 is 1. The van der Waals surface area contributed by atoms with Crippen LogP contribution in [0.3, 0.4) is 0 Å². The summed E-state index contributed by atoms with van der Waals surface area (Å²) in [5.74, 6) is -0.150. The molecule has 1 N–H and O–H groups in total. The fourth-order valence-corrected chi connectivity index (χ4v) is 2.92. The molecule has 1 aromatic heterocycles. The number of rotatable bonds is 6. The maximum absolute atomic E-state index is 12.4. The number of hydrogen-bond acceptors (Lipinski definition) is 4. The molecule has 1 aliphatic rings. The lowest BCUT2D eigenvalue weighted by atomic mass is 9.69. The van der Waals surface area contributed by atoms with Crippen LogP contribution >= 0.6 is 0 Å². The third-order valence-electron chi connectivity index (χ3n) is 4.35. The summed E-state index contributed by atoms with van der Waals surface area (Å²) >= 11 is 0. The summed E-state index contributed by atoms with van der Waals surface area (Å²) in [6, 6.07) is 9.57. The predicted octanol–water partition coefficient (Wildman–Crippen LogP) is 2.89. The first-order valence-electron chi connectivity index (χ1n) is 7.51. The highest BCUT2D eigenvalue weighted by molar-refractivity contribution is 5.99. The number of carbonyl (C=O) groups is 1. The van der Waals surface area contributed by atoms with E-state index in [1.165, 1.54) is 12.7 Å². The van der Waals surface area contributed by atoms with Crippen LogP contribution in [0.4, 0.5) is 0 Å². The molecule has 1 amide bonds. The van der Waals surface area contributed by atoms with Gasteiger partial charge in [-0.1, -0.05) is 41.9 Å². The molecule has 1 aromatic carbocycles. The molecule has 116 valence electrons. The van der Waals surface area contributed by atoms with Gasteiger partial charge in [-0.05, 0) is 12.8 Å². The van der Waals surface area contributed by atoms with Crippen molar-refractivity contribution in [3.8, 4) is 11.3 Å². The second kappa shape index (κ2) is 6.32. The lowest BCUT2D eigenvalue weighted by Crippen LogP contribution is -2.45. The highest BCUT2D eigenvalue weighted by Gasteiger charge is 2.37. The number of hydrogen-bond donors (Lipinski definition) is 1. The normalized spacial score (nSPS) is 16.0. The van der Waals surface area contributed by atoms with E-state index in [-0.39, 0.29) is 11.3 Å². The summed E-state index contributed by atoms with van der Waals surface area (Å²) in [6.07, 6.45) is 4.79. The van der Waals surface area contributed by atoms with Gasteiger partial charge in [0.25, 0.3) is 5.91 Å². The average molecular weight is 300 g/mol. The second-order valence-corrected chi connectivity index (χ2v) is 5.91. The fraction of sp³-hybridized carbons (Fsp3) is 0.412. The van der Waals surface area contributed by atoms with Crippen molar-refractivity contribution in [2.75, 3.05) is 20.3 Å². The van der Waals surface area contributed by atoms with E-state index >= 15 is 0 Å². The maximum atomic E-state index is 12.4. The Bertz CT molecular complexity index is 632. The SMILES string of the molecule is COCC1(CNC(=O)c2conc2-c2ccccc2)CCC1. The zero-order valence-electron chi connectivity index (χ0n) is 12.7. The topological polar surface area (TPSA) is 64.4 Å². The van der Waals surface area contributed by atoms with E-state index in [0.717, 1.165) is 18.4 Å². The van der Waals surface area contributed by atoms with Gasteiger partial charge in [0.05, 0.1) is 6.61 Å². The molecule has 3 rings (SSSR count). The Balaban J connectivity index is 1.70. The quantitative estimate of drug-likeness (QED) is 0.891. The number of carbonyl (C=O) groups excluding carboxylic acids is 1. The third-order valence-corrected chi connectivity index (χ3v) is 4.35. The molecule has 0 saturated heterocycles. The number of nitrogens with one attached hydrogen (secondary N) is 1. The summed E-state index contributed by atoms with van der Waals surface area (Å²) in [5.41, 5.74) is 2.01. The Morgan fingerprint density at radius 2 is 2.14 bits per heavy atom. The molecule has 0 spiro atoms. The Morgan fingerprint density at radius 3 is 2.77 bits per heavy atom. The summed E-state index contributed by atoms with van der Waals surface area (Å²) in [7, 11) is 1.70. The minimum atomic E-state index is -0.150. The monoisotopic (exact) mass is 300 g/mol. The number of nitrogens with zero attached hydrogens (tertiary/aromatic N) is 1. The van der Waals surface area contributed by atoms with Gasteiger partial charge in [0.15, 0.2) is 0 Å². The zero-order valence-corrected chi connectivity index (χ0v) is 12.7. The van der Waals surface area contributed by atoms with Gasteiger partial charge in [-0.15, -0.1) is 0 Å². The first kappa shape index (κ1) is 14.8. The van der Waals surface area contributed by atoms with Crippen molar-refractivity contribution in [3.05, 3.63) is 42.2 Å². The van der Waals surface area contributed by atoms with Crippen LogP contribution in [0.5, 0.6) is 0 Å². The van der Waals surface area contributed by atoms with Crippen molar-refractivity contribution < 1.29 is 14.1 Å². The first-order chi connectivity index (χ1) is 10.7. The molecule has 5 nitrogen and oxygen atoms in total. The van der Waals surface area contributed by atoms with E-state index < -0.39 is 0 Å². The Kier molecular flexibility index (Phi) is 4.24. The molecular weight excluding hydrogens is 280 g/mol. The lowest BCUT2D eigenvalue weighted by molar-refractivity contribution is 0.0180. The Labute approximate surface area is 129 Å². The van der Waals surface area contributed by atoms with Crippen molar-refractivity contribution in [2.24, 2.45) is 5.41 Å². The van der Waals surface area contributed by atoms with Gasteiger partial charge in [-0.25, -0.2) is 0 Å². The highest BCUT2D eigenvalue weighted by Crippen LogP contribution is 2.40. The van der Waals surface area contributed by atoms with Crippen LogP contribution in [0.1, 0.15) is 29.6 Å². The Morgan fingerprint density at radius 1 is 1.36 bits per heavy atom.